The van der Waals surface area contributed by atoms with Crippen molar-refractivity contribution in [3.63, 3.8) is 0 Å². The summed E-state index contributed by atoms with van der Waals surface area (Å²) in [7, 11) is 0. The van der Waals surface area contributed by atoms with E-state index in [0.717, 1.165) is 17.8 Å². The predicted molar refractivity (Wildman–Crippen MR) is 80.5 cm³/mol. The van der Waals surface area contributed by atoms with E-state index in [1.165, 1.54) is 5.56 Å². The van der Waals surface area contributed by atoms with E-state index in [4.69, 9.17) is 11.6 Å². The van der Waals surface area contributed by atoms with Gasteiger partial charge in [-0.3, -0.25) is 0 Å². The summed E-state index contributed by atoms with van der Waals surface area (Å²) in [5, 5.41) is 3.42. The van der Waals surface area contributed by atoms with Crippen molar-refractivity contribution in [2.24, 2.45) is 0 Å². The predicted octanol–water partition coefficient (Wildman–Crippen LogP) is 5.07. The topological polar surface area (TPSA) is 12.0 Å². The van der Waals surface area contributed by atoms with Crippen molar-refractivity contribution in [3.05, 3.63) is 66.2 Å². The monoisotopic (exact) mass is 257 g/mol. The van der Waals surface area contributed by atoms with E-state index in [1.54, 1.807) is 0 Å². The molecule has 1 nitrogen and oxygen atoms in total. The van der Waals surface area contributed by atoms with Gasteiger partial charge in [0.25, 0.3) is 0 Å². The normalized spacial score (nSPS) is 10.7. The summed E-state index contributed by atoms with van der Waals surface area (Å²) >= 11 is 5.67. The number of rotatable bonds is 5. The van der Waals surface area contributed by atoms with Gasteiger partial charge in [0.2, 0.25) is 0 Å². The van der Waals surface area contributed by atoms with Gasteiger partial charge in [0.15, 0.2) is 0 Å². The van der Waals surface area contributed by atoms with E-state index in [9.17, 15) is 0 Å². The summed E-state index contributed by atoms with van der Waals surface area (Å²) in [4.78, 5) is 0. The molecule has 0 aliphatic heterocycles. The zero-order valence-corrected chi connectivity index (χ0v) is 10.9. The Morgan fingerprint density at radius 3 is 2.44 bits per heavy atom. The van der Waals surface area contributed by atoms with Crippen molar-refractivity contribution in [2.75, 3.05) is 11.2 Å². The minimum absolute atomic E-state index is 0.658. The molecule has 0 saturated heterocycles. The Bertz CT molecular complexity index is 506. The molecule has 0 atom stereocenters. The van der Waals surface area contributed by atoms with Crippen LogP contribution in [0.5, 0.6) is 0 Å². The van der Waals surface area contributed by atoms with Crippen molar-refractivity contribution in [1.82, 2.24) is 0 Å². The summed E-state index contributed by atoms with van der Waals surface area (Å²) in [5.74, 6) is 0.658. The maximum Gasteiger partial charge on any atom is 0.0457 e. The van der Waals surface area contributed by atoms with Crippen molar-refractivity contribution in [2.45, 2.75) is 6.42 Å². The molecule has 0 aromatic heterocycles. The lowest BCUT2D eigenvalue weighted by molar-refractivity contribution is 1.24. The molecule has 0 fully saturated rings. The number of alkyl halides is 1. The molecule has 2 rings (SSSR count). The van der Waals surface area contributed by atoms with Gasteiger partial charge in [0, 0.05) is 17.3 Å². The highest BCUT2D eigenvalue weighted by Crippen LogP contribution is 2.21. The van der Waals surface area contributed by atoms with Crippen LogP contribution in [0.3, 0.4) is 0 Å². The lowest BCUT2D eigenvalue weighted by Gasteiger charge is -2.09. The highest BCUT2D eigenvalue weighted by Gasteiger charge is 1.98. The lowest BCUT2D eigenvalue weighted by atomic mass is 10.1. The highest BCUT2D eigenvalue weighted by atomic mass is 35.5. The first-order chi connectivity index (χ1) is 8.90. The Labute approximate surface area is 113 Å². The van der Waals surface area contributed by atoms with E-state index < -0.39 is 0 Å². The Morgan fingerprint density at radius 2 is 1.67 bits per heavy atom. The summed E-state index contributed by atoms with van der Waals surface area (Å²) in [6.45, 7) is 0. The van der Waals surface area contributed by atoms with Gasteiger partial charge in [-0.05, 0) is 30.2 Å². The number of hydrogen-bond donors (Lipinski definition) is 1. The second-order valence-electron chi connectivity index (χ2n) is 3.96. The number of halogens is 1. The third-order valence-electron chi connectivity index (χ3n) is 2.59. The maximum atomic E-state index is 5.67. The molecule has 0 aliphatic carbocycles. The molecule has 1 N–H and O–H groups in total. The first-order valence-corrected chi connectivity index (χ1v) is 6.57. The van der Waals surface area contributed by atoms with Gasteiger partial charge >= 0.3 is 0 Å². The number of nitrogens with one attached hydrogen (secondary N) is 1. The quantitative estimate of drug-likeness (QED) is 0.737. The van der Waals surface area contributed by atoms with Crippen LogP contribution in [0.2, 0.25) is 0 Å². The molecule has 0 spiro atoms. The van der Waals surface area contributed by atoms with Crippen LogP contribution in [0.4, 0.5) is 11.4 Å². The molecule has 2 aromatic carbocycles. The van der Waals surface area contributed by atoms with Crippen molar-refractivity contribution in [3.8, 4) is 0 Å². The Morgan fingerprint density at radius 1 is 0.944 bits per heavy atom. The summed E-state index contributed by atoms with van der Waals surface area (Å²) in [5.41, 5.74) is 3.37. The van der Waals surface area contributed by atoms with E-state index >= 15 is 0 Å². The van der Waals surface area contributed by atoms with Crippen LogP contribution in [0, 0.1) is 0 Å². The van der Waals surface area contributed by atoms with Gasteiger partial charge in [0.1, 0.15) is 0 Å². The molecular weight excluding hydrogens is 242 g/mol. The van der Waals surface area contributed by atoms with E-state index in [2.05, 4.69) is 41.7 Å². The lowest BCUT2D eigenvalue weighted by Crippen LogP contribution is -1.92. The standard InChI is InChI=1S/C16H16ClN/c17-13-7-6-9-14-8-4-5-12-16(14)18-15-10-2-1-3-11-15/h1-6,8-12,18H,7,13H2. The second kappa shape index (κ2) is 6.87. The van der Waals surface area contributed by atoms with Crippen LogP contribution in [-0.2, 0) is 0 Å². The highest BCUT2D eigenvalue weighted by molar-refractivity contribution is 6.17. The smallest absolute Gasteiger partial charge is 0.0457 e. The average molecular weight is 258 g/mol. The van der Waals surface area contributed by atoms with Gasteiger partial charge in [-0.2, -0.15) is 0 Å². The zero-order chi connectivity index (χ0) is 12.6. The molecule has 2 aromatic rings. The number of anilines is 2. The minimum Gasteiger partial charge on any atom is -0.355 e. The number of hydrogen-bond acceptors (Lipinski definition) is 1. The van der Waals surface area contributed by atoms with E-state index in [0.29, 0.717) is 5.88 Å². The Hall–Kier alpha value is -1.73. The summed E-state index contributed by atoms with van der Waals surface area (Å²) in [6.07, 6.45) is 5.09. The van der Waals surface area contributed by atoms with Crippen LogP contribution in [-0.4, -0.2) is 5.88 Å². The fourth-order valence-electron chi connectivity index (χ4n) is 1.71. The molecule has 18 heavy (non-hydrogen) atoms. The van der Waals surface area contributed by atoms with Crippen molar-refractivity contribution in [1.29, 1.82) is 0 Å². The molecule has 0 heterocycles. The van der Waals surface area contributed by atoms with Crippen molar-refractivity contribution >= 4 is 29.1 Å². The molecule has 0 bridgehead atoms. The van der Waals surface area contributed by atoms with Crippen LogP contribution >= 0.6 is 11.6 Å². The fraction of sp³-hybridized carbons (Fsp3) is 0.125. The first kappa shape index (κ1) is 12.7. The SMILES string of the molecule is ClCCC=Cc1ccccc1Nc1ccccc1. The van der Waals surface area contributed by atoms with Gasteiger partial charge < -0.3 is 5.32 Å². The average Bonchev–Trinajstić information content (AvgIpc) is 2.42. The first-order valence-electron chi connectivity index (χ1n) is 6.04. The van der Waals surface area contributed by atoms with Gasteiger partial charge in [-0.25, -0.2) is 0 Å². The van der Waals surface area contributed by atoms with Crippen LogP contribution in [0.25, 0.3) is 6.08 Å². The molecule has 0 amide bonds. The Kier molecular flexibility index (Phi) is 4.86. The number of allylic oxidation sites excluding steroid dienone is 1. The minimum atomic E-state index is 0.658. The number of benzene rings is 2. The molecular formula is C16H16ClN. The molecule has 92 valence electrons. The summed E-state index contributed by atoms with van der Waals surface area (Å²) in [6, 6.07) is 18.4. The number of para-hydroxylation sites is 2. The van der Waals surface area contributed by atoms with Gasteiger partial charge in [-0.1, -0.05) is 48.6 Å². The molecule has 0 saturated carbocycles. The summed E-state index contributed by atoms with van der Waals surface area (Å²) < 4.78 is 0. The van der Waals surface area contributed by atoms with Crippen molar-refractivity contribution < 1.29 is 0 Å². The fourth-order valence-corrected chi connectivity index (χ4v) is 1.83. The van der Waals surface area contributed by atoms with E-state index in [1.807, 2.05) is 30.3 Å². The molecule has 2 heteroatoms. The zero-order valence-electron chi connectivity index (χ0n) is 10.1. The Balaban J connectivity index is 2.17. The van der Waals surface area contributed by atoms with Crippen LogP contribution in [0.15, 0.2) is 60.7 Å². The maximum absolute atomic E-state index is 5.67. The largest absolute Gasteiger partial charge is 0.355 e. The van der Waals surface area contributed by atoms with E-state index in [-0.39, 0.29) is 0 Å². The third kappa shape index (κ3) is 3.64. The van der Waals surface area contributed by atoms with Crippen LogP contribution < -0.4 is 5.32 Å². The van der Waals surface area contributed by atoms with Crippen LogP contribution in [0.1, 0.15) is 12.0 Å². The second-order valence-corrected chi connectivity index (χ2v) is 4.34. The molecule has 0 radical (unpaired) electrons. The van der Waals surface area contributed by atoms with Gasteiger partial charge in [0.05, 0.1) is 0 Å². The molecule has 0 unspecified atom stereocenters. The molecule has 0 aliphatic rings. The van der Waals surface area contributed by atoms with Gasteiger partial charge in [-0.15, -0.1) is 11.6 Å². The third-order valence-corrected chi connectivity index (χ3v) is 2.80.